The molecule has 2 rings (SSSR count). The lowest BCUT2D eigenvalue weighted by Crippen LogP contribution is -2.22. The van der Waals surface area contributed by atoms with Crippen LogP contribution in [0.4, 0.5) is 19.0 Å². The Morgan fingerprint density at radius 1 is 1.36 bits per heavy atom. The lowest BCUT2D eigenvalue weighted by Gasteiger charge is -2.13. The maximum atomic E-state index is 12.8. The molecule has 1 aromatic carbocycles. The first kappa shape index (κ1) is 15.9. The largest absolute Gasteiger partial charge is 0.483 e. The SMILES string of the molecule is Cc1cc(NC(=O)COc2ccccc2C(F)(F)F)n(C)n1. The minimum absolute atomic E-state index is 0.383. The molecule has 0 atom stereocenters. The highest BCUT2D eigenvalue weighted by Gasteiger charge is 2.34. The molecule has 118 valence electrons. The summed E-state index contributed by atoms with van der Waals surface area (Å²) in [4.78, 5) is 11.7. The number of aromatic nitrogens is 2. The molecule has 0 saturated heterocycles. The van der Waals surface area contributed by atoms with E-state index in [1.54, 1.807) is 20.0 Å². The van der Waals surface area contributed by atoms with Crippen molar-refractivity contribution in [2.24, 2.45) is 7.05 Å². The monoisotopic (exact) mass is 313 g/mol. The number of carbonyl (C=O) groups excluding carboxylic acids is 1. The van der Waals surface area contributed by atoms with Gasteiger partial charge in [-0.3, -0.25) is 9.48 Å². The van der Waals surface area contributed by atoms with Crippen LogP contribution in [0.25, 0.3) is 0 Å². The summed E-state index contributed by atoms with van der Waals surface area (Å²) in [7, 11) is 1.64. The van der Waals surface area contributed by atoms with Crippen LogP contribution in [0.15, 0.2) is 30.3 Å². The minimum Gasteiger partial charge on any atom is -0.483 e. The van der Waals surface area contributed by atoms with Crippen molar-refractivity contribution in [1.29, 1.82) is 0 Å². The van der Waals surface area contributed by atoms with E-state index >= 15 is 0 Å². The summed E-state index contributed by atoms with van der Waals surface area (Å²) in [5, 5.41) is 6.56. The molecule has 0 radical (unpaired) electrons. The molecule has 0 spiro atoms. The number of nitrogens with zero attached hydrogens (tertiary/aromatic N) is 2. The van der Waals surface area contributed by atoms with E-state index in [0.717, 1.165) is 6.07 Å². The predicted octanol–water partition coefficient (Wildman–Crippen LogP) is 2.76. The highest BCUT2D eigenvalue weighted by molar-refractivity contribution is 5.91. The molecule has 0 aliphatic heterocycles. The minimum atomic E-state index is -4.54. The Hall–Kier alpha value is -2.51. The standard InChI is InChI=1S/C14H14F3N3O2/c1-9-7-12(20(2)19-9)18-13(21)8-22-11-6-4-3-5-10(11)14(15,16)17/h3-7H,8H2,1-2H3,(H,18,21). The van der Waals surface area contributed by atoms with Crippen LogP contribution in [0.5, 0.6) is 5.75 Å². The molecule has 8 heteroatoms. The fraction of sp³-hybridized carbons (Fsp3) is 0.286. The van der Waals surface area contributed by atoms with Gasteiger partial charge in [0.05, 0.1) is 11.3 Å². The third-order valence-corrected chi connectivity index (χ3v) is 2.82. The first-order valence-electron chi connectivity index (χ1n) is 6.37. The summed E-state index contributed by atoms with van der Waals surface area (Å²) < 4.78 is 44.8. The van der Waals surface area contributed by atoms with E-state index in [-0.39, 0.29) is 5.75 Å². The van der Waals surface area contributed by atoms with E-state index in [1.807, 2.05) is 0 Å². The van der Waals surface area contributed by atoms with Crippen molar-refractivity contribution in [2.45, 2.75) is 13.1 Å². The van der Waals surface area contributed by atoms with Gasteiger partial charge in [-0.15, -0.1) is 0 Å². The Labute approximate surface area is 124 Å². The molecule has 0 aliphatic rings. The van der Waals surface area contributed by atoms with Gasteiger partial charge in [0.25, 0.3) is 5.91 Å². The zero-order chi connectivity index (χ0) is 16.3. The van der Waals surface area contributed by atoms with Gasteiger partial charge >= 0.3 is 6.18 Å². The fourth-order valence-electron chi connectivity index (χ4n) is 1.88. The van der Waals surface area contributed by atoms with Crippen molar-refractivity contribution in [3.05, 3.63) is 41.6 Å². The van der Waals surface area contributed by atoms with Crippen LogP contribution in [0.3, 0.4) is 0 Å². The van der Waals surface area contributed by atoms with E-state index in [4.69, 9.17) is 4.74 Å². The average Bonchev–Trinajstić information content (AvgIpc) is 2.74. The Balaban J connectivity index is 2.02. The van der Waals surface area contributed by atoms with Crippen molar-refractivity contribution in [2.75, 3.05) is 11.9 Å². The number of ether oxygens (including phenoxy) is 1. The second kappa shape index (κ2) is 6.08. The van der Waals surface area contributed by atoms with Gasteiger partial charge in [0.1, 0.15) is 11.6 Å². The molecule has 1 aromatic heterocycles. The molecule has 1 heterocycles. The number of amides is 1. The van der Waals surface area contributed by atoms with Crippen molar-refractivity contribution in [1.82, 2.24) is 9.78 Å². The molecule has 1 amide bonds. The molecular formula is C14H14F3N3O2. The molecule has 0 saturated carbocycles. The fourth-order valence-corrected chi connectivity index (χ4v) is 1.88. The molecule has 2 aromatic rings. The van der Waals surface area contributed by atoms with Crippen LogP contribution in [0, 0.1) is 6.92 Å². The molecule has 1 N–H and O–H groups in total. The first-order valence-corrected chi connectivity index (χ1v) is 6.37. The topological polar surface area (TPSA) is 56.1 Å². The van der Waals surface area contributed by atoms with Crippen LogP contribution < -0.4 is 10.1 Å². The van der Waals surface area contributed by atoms with Crippen LogP contribution in [-0.4, -0.2) is 22.3 Å². The third kappa shape index (κ3) is 3.78. The summed E-state index contributed by atoms with van der Waals surface area (Å²) in [6.07, 6.45) is -4.54. The van der Waals surface area contributed by atoms with Gasteiger partial charge in [-0.2, -0.15) is 18.3 Å². The molecule has 5 nitrogen and oxygen atoms in total. The van der Waals surface area contributed by atoms with Gasteiger partial charge in [-0.25, -0.2) is 0 Å². The second-order valence-corrected chi connectivity index (χ2v) is 4.63. The van der Waals surface area contributed by atoms with E-state index in [9.17, 15) is 18.0 Å². The maximum Gasteiger partial charge on any atom is 0.419 e. The number of alkyl halides is 3. The van der Waals surface area contributed by atoms with E-state index in [2.05, 4.69) is 10.4 Å². The number of carbonyl (C=O) groups is 1. The highest BCUT2D eigenvalue weighted by Crippen LogP contribution is 2.35. The van der Waals surface area contributed by atoms with Crippen molar-refractivity contribution in [3.63, 3.8) is 0 Å². The van der Waals surface area contributed by atoms with Crippen LogP contribution >= 0.6 is 0 Å². The maximum absolute atomic E-state index is 12.8. The number of benzene rings is 1. The summed E-state index contributed by atoms with van der Waals surface area (Å²) in [5.74, 6) is -0.512. The van der Waals surface area contributed by atoms with Gasteiger partial charge in [-0.05, 0) is 19.1 Å². The van der Waals surface area contributed by atoms with Gasteiger partial charge in [0, 0.05) is 13.1 Å². The number of nitrogens with one attached hydrogen (secondary N) is 1. The highest BCUT2D eigenvalue weighted by atomic mass is 19.4. The average molecular weight is 313 g/mol. The van der Waals surface area contributed by atoms with Gasteiger partial charge < -0.3 is 10.1 Å². The van der Waals surface area contributed by atoms with Crippen LogP contribution in [0.2, 0.25) is 0 Å². The van der Waals surface area contributed by atoms with Gasteiger partial charge in [-0.1, -0.05) is 12.1 Å². The quantitative estimate of drug-likeness (QED) is 0.944. The number of para-hydroxylation sites is 1. The van der Waals surface area contributed by atoms with E-state index in [1.165, 1.54) is 22.9 Å². The Morgan fingerprint density at radius 3 is 2.64 bits per heavy atom. The van der Waals surface area contributed by atoms with E-state index < -0.39 is 24.3 Å². The number of hydrogen-bond donors (Lipinski definition) is 1. The summed E-state index contributed by atoms with van der Waals surface area (Å²) in [5.41, 5.74) is -0.208. The van der Waals surface area contributed by atoms with Crippen LogP contribution in [-0.2, 0) is 18.0 Å². The first-order chi connectivity index (χ1) is 10.3. The van der Waals surface area contributed by atoms with Gasteiger partial charge in [0.15, 0.2) is 6.61 Å². The van der Waals surface area contributed by atoms with Crippen molar-refractivity contribution in [3.8, 4) is 5.75 Å². The zero-order valence-corrected chi connectivity index (χ0v) is 11.9. The van der Waals surface area contributed by atoms with Crippen molar-refractivity contribution < 1.29 is 22.7 Å². The Kier molecular flexibility index (Phi) is 4.39. The lowest BCUT2D eigenvalue weighted by molar-refractivity contribution is -0.139. The Bertz CT molecular complexity index is 680. The summed E-state index contributed by atoms with van der Waals surface area (Å²) in [6, 6.07) is 6.38. The number of rotatable bonds is 4. The normalized spacial score (nSPS) is 11.3. The predicted molar refractivity (Wildman–Crippen MR) is 73.5 cm³/mol. The van der Waals surface area contributed by atoms with E-state index in [0.29, 0.717) is 11.5 Å². The zero-order valence-electron chi connectivity index (χ0n) is 11.9. The molecule has 0 aliphatic carbocycles. The molecule has 0 fully saturated rings. The summed E-state index contributed by atoms with van der Waals surface area (Å²) in [6.45, 7) is 1.23. The van der Waals surface area contributed by atoms with Crippen molar-refractivity contribution >= 4 is 11.7 Å². The number of aryl methyl sites for hydroxylation is 2. The number of hydrogen-bond acceptors (Lipinski definition) is 3. The van der Waals surface area contributed by atoms with Crippen LogP contribution in [0.1, 0.15) is 11.3 Å². The molecular weight excluding hydrogens is 299 g/mol. The smallest absolute Gasteiger partial charge is 0.419 e. The molecule has 0 unspecified atom stereocenters. The second-order valence-electron chi connectivity index (χ2n) is 4.63. The molecule has 0 bridgehead atoms. The van der Waals surface area contributed by atoms with Gasteiger partial charge in [0.2, 0.25) is 0 Å². The summed E-state index contributed by atoms with van der Waals surface area (Å²) >= 11 is 0. The third-order valence-electron chi connectivity index (χ3n) is 2.82. The lowest BCUT2D eigenvalue weighted by atomic mass is 10.2. The Morgan fingerprint density at radius 2 is 2.05 bits per heavy atom. The molecule has 22 heavy (non-hydrogen) atoms. The number of anilines is 1. The number of halogens is 3.